The zero-order chi connectivity index (χ0) is 15.4. The fourth-order valence-electron chi connectivity index (χ4n) is 6.20. The molecule has 1 spiro atoms. The van der Waals surface area contributed by atoms with Gasteiger partial charge in [-0.3, -0.25) is 4.79 Å². The maximum absolute atomic E-state index is 12.7. The standard InChI is InChI=1S/C22H26O/c23-20-11-12-22(14-15-9-10-17(22)13-15)21-18(7-4-8-19(20)21)16-5-2-1-3-6-16/h4,7-9,16-17H,1-3,5-6,10-14H2. The first-order valence-corrected chi connectivity index (χ1v) is 9.62. The van der Waals surface area contributed by atoms with E-state index in [-0.39, 0.29) is 0 Å². The normalized spacial score (nSPS) is 33.1. The summed E-state index contributed by atoms with van der Waals surface area (Å²) in [4.78, 5) is 12.7. The molecule has 2 fully saturated rings. The lowest BCUT2D eigenvalue weighted by Crippen LogP contribution is -2.38. The lowest BCUT2D eigenvalue weighted by molar-refractivity contribution is 0.0938. The van der Waals surface area contributed by atoms with Crippen molar-refractivity contribution in [2.75, 3.05) is 0 Å². The van der Waals surface area contributed by atoms with Gasteiger partial charge in [0.25, 0.3) is 0 Å². The average Bonchev–Trinajstić information content (AvgIpc) is 3.20. The first kappa shape index (κ1) is 14.0. The minimum Gasteiger partial charge on any atom is -0.294 e. The predicted molar refractivity (Wildman–Crippen MR) is 92.9 cm³/mol. The van der Waals surface area contributed by atoms with E-state index >= 15 is 0 Å². The Morgan fingerprint density at radius 3 is 2.70 bits per heavy atom. The first-order valence-electron chi connectivity index (χ1n) is 9.62. The van der Waals surface area contributed by atoms with E-state index in [4.69, 9.17) is 0 Å². The molecule has 0 radical (unpaired) electrons. The van der Waals surface area contributed by atoms with Crippen LogP contribution in [0.25, 0.3) is 0 Å². The van der Waals surface area contributed by atoms with Crippen molar-refractivity contribution in [3.8, 4) is 0 Å². The number of ketones is 1. The Balaban J connectivity index is 1.69. The molecule has 4 aliphatic carbocycles. The van der Waals surface area contributed by atoms with Crippen molar-refractivity contribution in [1.82, 2.24) is 0 Å². The molecule has 0 heterocycles. The molecule has 1 heteroatoms. The van der Waals surface area contributed by atoms with E-state index in [0.29, 0.717) is 17.1 Å². The van der Waals surface area contributed by atoms with Crippen LogP contribution in [0.3, 0.4) is 0 Å². The van der Waals surface area contributed by atoms with Crippen molar-refractivity contribution >= 4 is 5.78 Å². The molecule has 4 aliphatic rings. The molecule has 1 nitrogen and oxygen atoms in total. The van der Waals surface area contributed by atoms with Crippen LogP contribution in [-0.4, -0.2) is 5.78 Å². The second kappa shape index (κ2) is 5.06. The third kappa shape index (κ3) is 1.95. The van der Waals surface area contributed by atoms with Crippen LogP contribution in [0.15, 0.2) is 29.8 Å². The van der Waals surface area contributed by atoms with Crippen LogP contribution < -0.4 is 0 Å². The molecule has 0 amide bonds. The van der Waals surface area contributed by atoms with Gasteiger partial charge < -0.3 is 0 Å². The molecule has 1 aromatic carbocycles. The molecule has 1 aromatic rings. The molecular weight excluding hydrogens is 280 g/mol. The quantitative estimate of drug-likeness (QED) is 0.609. The predicted octanol–water partition coefficient (Wildman–Crippen LogP) is 5.69. The summed E-state index contributed by atoms with van der Waals surface area (Å²) >= 11 is 0. The minimum absolute atomic E-state index is 0.307. The van der Waals surface area contributed by atoms with Crippen molar-refractivity contribution in [3.63, 3.8) is 0 Å². The molecule has 2 unspecified atom stereocenters. The molecular formula is C22H26O. The van der Waals surface area contributed by atoms with Gasteiger partial charge in [0.15, 0.2) is 5.78 Å². The largest absolute Gasteiger partial charge is 0.294 e. The summed E-state index contributed by atoms with van der Waals surface area (Å²) in [5.41, 5.74) is 6.14. The third-order valence-electron chi connectivity index (χ3n) is 7.26. The SMILES string of the molecule is O=C1CCC2(CC3=CCC2C3)c2c1cccc2C1CCCCC1. The van der Waals surface area contributed by atoms with Crippen molar-refractivity contribution in [2.24, 2.45) is 5.92 Å². The van der Waals surface area contributed by atoms with Crippen LogP contribution >= 0.6 is 0 Å². The highest BCUT2D eigenvalue weighted by Gasteiger charge is 2.52. The van der Waals surface area contributed by atoms with Crippen LogP contribution in [0.2, 0.25) is 0 Å². The number of carbonyl (C=O) groups is 1. The van der Waals surface area contributed by atoms with Gasteiger partial charge in [-0.25, -0.2) is 0 Å². The first-order chi connectivity index (χ1) is 11.3. The minimum atomic E-state index is 0.307. The third-order valence-corrected chi connectivity index (χ3v) is 7.26. The Hall–Kier alpha value is -1.37. The molecule has 0 aliphatic heterocycles. The highest BCUT2D eigenvalue weighted by atomic mass is 16.1. The maximum Gasteiger partial charge on any atom is 0.163 e. The van der Waals surface area contributed by atoms with Crippen LogP contribution in [0, 0.1) is 5.92 Å². The Kier molecular flexibility index (Phi) is 3.08. The number of allylic oxidation sites excluding steroid dienone is 2. The van der Waals surface area contributed by atoms with Crippen LogP contribution in [0.5, 0.6) is 0 Å². The fourth-order valence-corrected chi connectivity index (χ4v) is 6.20. The van der Waals surface area contributed by atoms with Gasteiger partial charge in [0.1, 0.15) is 0 Å². The van der Waals surface area contributed by atoms with Crippen LogP contribution in [0.1, 0.15) is 91.6 Å². The van der Waals surface area contributed by atoms with E-state index < -0.39 is 0 Å². The van der Waals surface area contributed by atoms with E-state index in [1.165, 1.54) is 56.9 Å². The fraction of sp³-hybridized carbons (Fsp3) is 0.591. The van der Waals surface area contributed by atoms with Gasteiger partial charge >= 0.3 is 0 Å². The molecule has 2 bridgehead atoms. The molecule has 2 saturated carbocycles. The highest BCUT2D eigenvalue weighted by molar-refractivity contribution is 5.99. The summed E-state index contributed by atoms with van der Waals surface area (Å²) in [6.45, 7) is 0. The smallest absolute Gasteiger partial charge is 0.163 e. The average molecular weight is 306 g/mol. The zero-order valence-corrected chi connectivity index (χ0v) is 13.9. The van der Waals surface area contributed by atoms with E-state index in [9.17, 15) is 4.79 Å². The topological polar surface area (TPSA) is 17.1 Å². The summed E-state index contributed by atoms with van der Waals surface area (Å²) in [5.74, 6) is 1.88. The Morgan fingerprint density at radius 2 is 1.96 bits per heavy atom. The summed E-state index contributed by atoms with van der Waals surface area (Å²) in [6.07, 6.45) is 14.9. The van der Waals surface area contributed by atoms with Gasteiger partial charge in [-0.05, 0) is 61.5 Å². The number of Topliss-reactive ketones (excluding diaryl/α,β-unsaturated/α-hetero) is 1. The van der Waals surface area contributed by atoms with E-state index in [0.717, 1.165) is 24.3 Å². The molecule has 23 heavy (non-hydrogen) atoms. The Labute approximate surface area is 139 Å². The number of fused-ring (bicyclic) bond motifs is 5. The van der Waals surface area contributed by atoms with Crippen molar-refractivity contribution in [1.29, 1.82) is 0 Å². The van der Waals surface area contributed by atoms with Gasteiger partial charge in [0.2, 0.25) is 0 Å². The number of rotatable bonds is 1. The summed E-state index contributed by atoms with van der Waals surface area (Å²) in [5, 5.41) is 0. The number of carbonyl (C=O) groups excluding carboxylic acids is 1. The summed E-state index contributed by atoms with van der Waals surface area (Å²) in [7, 11) is 0. The number of hydrogen-bond acceptors (Lipinski definition) is 1. The highest BCUT2D eigenvalue weighted by Crippen LogP contribution is 2.60. The van der Waals surface area contributed by atoms with Crippen molar-refractivity contribution < 1.29 is 4.79 Å². The molecule has 5 rings (SSSR count). The molecule has 2 atom stereocenters. The van der Waals surface area contributed by atoms with Gasteiger partial charge in [-0.15, -0.1) is 0 Å². The van der Waals surface area contributed by atoms with E-state index in [2.05, 4.69) is 24.3 Å². The molecule has 0 saturated heterocycles. The zero-order valence-electron chi connectivity index (χ0n) is 13.9. The van der Waals surface area contributed by atoms with E-state index in [1.54, 1.807) is 11.1 Å². The molecule has 0 aromatic heterocycles. The van der Waals surface area contributed by atoms with Crippen LogP contribution in [0.4, 0.5) is 0 Å². The molecule has 0 N–H and O–H groups in total. The van der Waals surface area contributed by atoms with Gasteiger partial charge in [0.05, 0.1) is 0 Å². The summed E-state index contributed by atoms with van der Waals surface area (Å²) in [6, 6.07) is 6.66. The second-order valence-corrected chi connectivity index (χ2v) is 8.36. The lowest BCUT2D eigenvalue weighted by Gasteiger charge is -2.43. The number of benzene rings is 1. The van der Waals surface area contributed by atoms with Gasteiger partial charge in [-0.2, -0.15) is 0 Å². The Bertz CT molecular complexity index is 692. The monoisotopic (exact) mass is 306 g/mol. The molecule has 120 valence electrons. The number of hydrogen-bond donors (Lipinski definition) is 0. The second-order valence-electron chi connectivity index (χ2n) is 8.36. The van der Waals surface area contributed by atoms with Gasteiger partial charge in [0, 0.05) is 17.4 Å². The summed E-state index contributed by atoms with van der Waals surface area (Å²) < 4.78 is 0. The van der Waals surface area contributed by atoms with E-state index in [1.807, 2.05) is 0 Å². The lowest BCUT2D eigenvalue weighted by atomic mass is 9.59. The maximum atomic E-state index is 12.7. The van der Waals surface area contributed by atoms with Crippen molar-refractivity contribution in [2.45, 2.75) is 75.5 Å². The van der Waals surface area contributed by atoms with Crippen molar-refractivity contribution in [3.05, 3.63) is 46.5 Å². The van der Waals surface area contributed by atoms with Crippen LogP contribution in [-0.2, 0) is 5.41 Å². The Morgan fingerprint density at radius 1 is 1.09 bits per heavy atom. The van der Waals surface area contributed by atoms with Gasteiger partial charge in [-0.1, -0.05) is 49.1 Å².